The third kappa shape index (κ3) is 3.07. The van der Waals surface area contributed by atoms with Crippen molar-refractivity contribution < 1.29 is 9.66 Å². The molecule has 1 aliphatic rings. The van der Waals surface area contributed by atoms with Crippen LogP contribution in [0.1, 0.15) is 20.8 Å². The molecule has 1 fully saturated rings. The standard InChI is InChI=1S/C10H22N2O2S/c1-7-5-11-8(2)9(10(7,3)13)6-12-15(4)14/h7-9,11-13H,5-6H2,1-4H3. The van der Waals surface area contributed by atoms with Crippen molar-refractivity contribution >= 4 is 11.4 Å². The molecule has 0 aromatic rings. The molecule has 0 aromatic carbocycles. The predicted octanol–water partition coefficient (Wildman–Crippen LogP) is -0.135. The van der Waals surface area contributed by atoms with Crippen molar-refractivity contribution in [3.8, 4) is 0 Å². The molecule has 5 atom stereocenters. The van der Waals surface area contributed by atoms with E-state index in [-0.39, 0.29) is 17.9 Å². The molecule has 0 aromatic heterocycles. The van der Waals surface area contributed by atoms with Gasteiger partial charge < -0.3 is 15.0 Å². The Balaban J connectivity index is 2.63. The Morgan fingerprint density at radius 2 is 2.20 bits per heavy atom. The Hall–Kier alpha value is 0.190. The van der Waals surface area contributed by atoms with Gasteiger partial charge in [-0.25, -0.2) is 0 Å². The zero-order valence-corrected chi connectivity index (χ0v) is 10.7. The van der Waals surface area contributed by atoms with E-state index in [1.807, 2.05) is 13.8 Å². The summed E-state index contributed by atoms with van der Waals surface area (Å²) in [7, 11) is 0. The first-order valence-electron chi connectivity index (χ1n) is 5.38. The topological polar surface area (TPSA) is 67.3 Å². The average molecular weight is 234 g/mol. The van der Waals surface area contributed by atoms with Gasteiger partial charge >= 0.3 is 0 Å². The summed E-state index contributed by atoms with van der Waals surface area (Å²) in [5.41, 5.74) is -0.697. The molecule has 1 rings (SSSR count). The van der Waals surface area contributed by atoms with Crippen LogP contribution >= 0.6 is 0 Å². The molecule has 1 heterocycles. The Morgan fingerprint density at radius 3 is 2.73 bits per heavy atom. The van der Waals surface area contributed by atoms with Crippen LogP contribution in [-0.4, -0.2) is 40.6 Å². The van der Waals surface area contributed by atoms with E-state index < -0.39 is 17.0 Å². The van der Waals surface area contributed by atoms with Gasteiger partial charge in [0.2, 0.25) is 0 Å². The molecule has 0 spiro atoms. The summed E-state index contributed by atoms with van der Waals surface area (Å²) in [6.07, 6.45) is 1.61. The van der Waals surface area contributed by atoms with Crippen molar-refractivity contribution in [1.82, 2.24) is 10.0 Å². The zero-order valence-electron chi connectivity index (χ0n) is 9.91. The number of aliphatic hydroxyl groups is 1. The fourth-order valence-electron chi connectivity index (χ4n) is 2.17. The highest BCUT2D eigenvalue weighted by molar-refractivity contribution is 7.88. The maximum absolute atomic E-state index is 11.0. The van der Waals surface area contributed by atoms with Gasteiger partial charge in [-0.05, 0) is 19.8 Å². The molecule has 15 heavy (non-hydrogen) atoms. The minimum atomic E-state index is -1.02. The second-order valence-electron chi connectivity index (χ2n) is 4.73. The molecule has 4 nitrogen and oxygen atoms in total. The third-order valence-corrected chi connectivity index (χ3v) is 4.18. The van der Waals surface area contributed by atoms with Crippen LogP contribution in [0.5, 0.6) is 0 Å². The minimum Gasteiger partial charge on any atom is -0.598 e. The summed E-state index contributed by atoms with van der Waals surface area (Å²) in [5.74, 6) is 0.302. The number of nitrogens with one attached hydrogen (secondary N) is 2. The van der Waals surface area contributed by atoms with E-state index in [0.29, 0.717) is 6.54 Å². The predicted molar refractivity (Wildman–Crippen MR) is 62.8 cm³/mol. The van der Waals surface area contributed by atoms with Crippen molar-refractivity contribution in [1.29, 1.82) is 0 Å². The van der Waals surface area contributed by atoms with Gasteiger partial charge in [-0.2, -0.15) is 0 Å². The van der Waals surface area contributed by atoms with E-state index in [4.69, 9.17) is 0 Å². The lowest BCUT2D eigenvalue weighted by Crippen LogP contribution is -2.61. The molecule has 0 bridgehead atoms. The highest BCUT2D eigenvalue weighted by Gasteiger charge is 2.43. The Kier molecular flexibility index (Phi) is 4.43. The van der Waals surface area contributed by atoms with Crippen molar-refractivity contribution in [2.24, 2.45) is 11.8 Å². The van der Waals surface area contributed by atoms with Gasteiger partial charge in [0.15, 0.2) is 0 Å². The lowest BCUT2D eigenvalue weighted by molar-refractivity contribution is -0.0770. The van der Waals surface area contributed by atoms with Gasteiger partial charge in [0.05, 0.1) is 5.60 Å². The highest BCUT2D eigenvalue weighted by Crippen LogP contribution is 2.31. The summed E-state index contributed by atoms with van der Waals surface area (Å²) in [6.45, 7) is 7.38. The second-order valence-corrected chi connectivity index (χ2v) is 5.93. The molecule has 1 saturated heterocycles. The van der Waals surface area contributed by atoms with E-state index in [2.05, 4.69) is 17.0 Å². The summed E-state index contributed by atoms with van der Waals surface area (Å²) >= 11 is -1.02. The fraction of sp³-hybridized carbons (Fsp3) is 1.00. The van der Waals surface area contributed by atoms with Gasteiger partial charge in [0.25, 0.3) is 0 Å². The van der Waals surface area contributed by atoms with Crippen LogP contribution in [0.15, 0.2) is 0 Å². The van der Waals surface area contributed by atoms with Crippen molar-refractivity contribution in [2.45, 2.75) is 32.4 Å². The summed E-state index contributed by atoms with van der Waals surface area (Å²) in [5, 5.41) is 13.8. The Morgan fingerprint density at radius 1 is 1.60 bits per heavy atom. The molecule has 0 amide bonds. The quantitative estimate of drug-likeness (QED) is 0.595. The zero-order chi connectivity index (χ0) is 11.6. The number of piperidine rings is 1. The molecule has 0 radical (unpaired) electrons. The average Bonchev–Trinajstić information content (AvgIpc) is 2.11. The number of hydrogen-bond acceptors (Lipinski definition) is 4. The minimum absolute atomic E-state index is 0.0881. The van der Waals surface area contributed by atoms with Crippen molar-refractivity contribution in [3.05, 3.63) is 0 Å². The van der Waals surface area contributed by atoms with Crippen LogP contribution < -0.4 is 10.0 Å². The van der Waals surface area contributed by atoms with E-state index in [0.717, 1.165) is 6.54 Å². The maximum atomic E-state index is 11.0. The van der Waals surface area contributed by atoms with E-state index in [9.17, 15) is 9.66 Å². The second kappa shape index (κ2) is 5.01. The molecule has 5 heteroatoms. The fourth-order valence-corrected chi connectivity index (χ4v) is 2.59. The highest BCUT2D eigenvalue weighted by atomic mass is 32.2. The van der Waals surface area contributed by atoms with Crippen molar-refractivity contribution in [3.63, 3.8) is 0 Å². The van der Waals surface area contributed by atoms with Gasteiger partial charge in [0, 0.05) is 36.4 Å². The largest absolute Gasteiger partial charge is 0.598 e. The summed E-state index contributed by atoms with van der Waals surface area (Å²) in [6, 6.07) is 0.243. The van der Waals surface area contributed by atoms with Gasteiger partial charge in [-0.15, -0.1) is 4.72 Å². The van der Waals surface area contributed by atoms with E-state index >= 15 is 0 Å². The van der Waals surface area contributed by atoms with Crippen LogP contribution in [0.3, 0.4) is 0 Å². The molecular weight excluding hydrogens is 212 g/mol. The van der Waals surface area contributed by atoms with Crippen LogP contribution in [0.2, 0.25) is 0 Å². The third-order valence-electron chi connectivity index (χ3n) is 3.60. The summed E-state index contributed by atoms with van der Waals surface area (Å²) in [4.78, 5) is 0. The van der Waals surface area contributed by atoms with E-state index in [1.165, 1.54) is 0 Å². The normalized spacial score (nSPS) is 44.0. The molecule has 0 saturated carbocycles. The molecule has 1 aliphatic heterocycles. The molecular formula is C10H22N2O2S. The molecule has 3 N–H and O–H groups in total. The number of hydrogen-bond donors (Lipinski definition) is 3. The number of rotatable bonds is 3. The van der Waals surface area contributed by atoms with Crippen LogP contribution in [-0.2, 0) is 11.4 Å². The first-order chi connectivity index (χ1) is 6.85. The van der Waals surface area contributed by atoms with Crippen molar-refractivity contribution in [2.75, 3.05) is 19.3 Å². The first kappa shape index (κ1) is 13.3. The maximum Gasteiger partial charge on any atom is 0.115 e. The monoisotopic (exact) mass is 234 g/mol. The van der Waals surface area contributed by atoms with Gasteiger partial charge in [0.1, 0.15) is 6.26 Å². The smallest absolute Gasteiger partial charge is 0.115 e. The molecule has 0 aliphatic carbocycles. The van der Waals surface area contributed by atoms with Gasteiger partial charge in [-0.3, -0.25) is 0 Å². The van der Waals surface area contributed by atoms with Gasteiger partial charge in [-0.1, -0.05) is 6.92 Å². The van der Waals surface area contributed by atoms with Crippen LogP contribution in [0.25, 0.3) is 0 Å². The Labute approximate surface area is 95.1 Å². The Bertz CT molecular complexity index is 212. The lowest BCUT2D eigenvalue weighted by atomic mass is 9.73. The lowest BCUT2D eigenvalue weighted by Gasteiger charge is -2.46. The van der Waals surface area contributed by atoms with E-state index in [1.54, 1.807) is 6.26 Å². The van der Waals surface area contributed by atoms with Crippen LogP contribution in [0, 0.1) is 11.8 Å². The molecule has 5 unspecified atom stereocenters. The molecule has 90 valence electrons. The SMILES string of the molecule is CC1NCC(C)C(C)(O)C1CN[S+](C)[O-]. The summed E-state index contributed by atoms with van der Waals surface area (Å²) < 4.78 is 13.9. The van der Waals surface area contributed by atoms with Crippen LogP contribution in [0.4, 0.5) is 0 Å². The first-order valence-corrected chi connectivity index (χ1v) is 6.94.